The highest BCUT2D eigenvalue weighted by molar-refractivity contribution is 6.08. The summed E-state index contributed by atoms with van der Waals surface area (Å²) in [5.74, 6) is -0.851. The van der Waals surface area contributed by atoms with Gasteiger partial charge in [0.2, 0.25) is 11.8 Å². The molecule has 0 atom stereocenters. The topological polar surface area (TPSA) is 210 Å². The van der Waals surface area contributed by atoms with Crippen molar-refractivity contribution in [2.45, 2.75) is 58.5 Å². The lowest BCUT2D eigenvalue weighted by molar-refractivity contribution is 0.0576. The average molecular weight is 687 g/mol. The fourth-order valence-electron chi connectivity index (χ4n) is 5.17. The smallest absolute Gasteiger partial charge is 0.416 e. The number of oxazole rings is 1. The number of primary amides is 1. The van der Waals surface area contributed by atoms with Crippen molar-refractivity contribution in [3.63, 3.8) is 0 Å². The molecule has 0 radical (unpaired) electrons. The zero-order chi connectivity index (χ0) is 36.0. The second-order valence-electron chi connectivity index (χ2n) is 13.2. The minimum Gasteiger partial charge on any atom is -0.444 e. The molecule has 5 rings (SSSR count). The molecule has 5 N–H and O–H groups in total. The Kier molecular flexibility index (Phi) is 11.0. The van der Waals surface area contributed by atoms with Crippen LogP contribution in [0.5, 0.6) is 0 Å². The number of amides is 4. The summed E-state index contributed by atoms with van der Waals surface area (Å²) in [7, 11) is 1.64. The number of anilines is 2. The van der Waals surface area contributed by atoms with Crippen LogP contribution in [-0.2, 0) is 4.74 Å². The van der Waals surface area contributed by atoms with E-state index < -0.39 is 23.5 Å². The highest BCUT2D eigenvalue weighted by Gasteiger charge is 2.31. The Morgan fingerprint density at radius 3 is 2.56 bits per heavy atom. The van der Waals surface area contributed by atoms with Gasteiger partial charge in [-0.15, -0.1) is 0 Å². The van der Waals surface area contributed by atoms with E-state index in [1.165, 1.54) is 40.6 Å². The molecule has 1 aliphatic carbocycles. The second kappa shape index (κ2) is 15.3. The van der Waals surface area contributed by atoms with Crippen molar-refractivity contribution in [2.75, 3.05) is 37.0 Å². The number of rotatable bonds is 14. The standard InChI is InChI=1S/C35H42N8O7/c1-35(2,3)50-34(48)43(19-21-8-9-21)28-17-23(12-13-37-28)32-40-27(20-49-32)31(46)39-26-18-38-41-29(26)22-10-11-24(25(16-22)30(36)45)33(47)42(4)14-6-5-7-15-44/h10-13,16-18,20-21,44H,5-9,14-15,19H2,1-4H3,(H2,36,45)(H,38,41)(H,39,46). The van der Waals surface area contributed by atoms with Crippen LogP contribution >= 0.6 is 0 Å². The minimum absolute atomic E-state index is 0.00946. The molecule has 15 nitrogen and oxygen atoms in total. The Bertz CT molecular complexity index is 1860. The van der Waals surface area contributed by atoms with Gasteiger partial charge in [-0.05, 0) is 83.1 Å². The van der Waals surface area contributed by atoms with Gasteiger partial charge >= 0.3 is 6.09 Å². The van der Waals surface area contributed by atoms with Gasteiger partial charge in [0.15, 0.2) is 5.69 Å². The summed E-state index contributed by atoms with van der Waals surface area (Å²) in [6.07, 6.45) is 7.88. The zero-order valence-electron chi connectivity index (χ0n) is 28.6. The lowest BCUT2D eigenvalue weighted by Gasteiger charge is -2.27. The number of H-pyrrole nitrogens is 1. The number of carbonyl (C=O) groups is 4. The number of hydrogen-bond acceptors (Lipinski definition) is 10. The Balaban J connectivity index is 1.31. The molecule has 50 heavy (non-hydrogen) atoms. The number of nitrogens with one attached hydrogen (secondary N) is 2. The lowest BCUT2D eigenvalue weighted by Crippen LogP contribution is -2.38. The first-order chi connectivity index (χ1) is 23.8. The monoisotopic (exact) mass is 686 g/mol. The Labute approximate surface area is 289 Å². The summed E-state index contributed by atoms with van der Waals surface area (Å²) < 4.78 is 11.3. The van der Waals surface area contributed by atoms with E-state index in [1.54, 1.807) is 46.0 Å². The summed E-state index contributed by atoms with van der Waals surface area (Å²) in [5.41, 5.74) is 6.65. The molecule has 1 saturated carbocycles. The Morgan fingerprint density at radius 2 is 1.86 bits per heavy atom. The van der Waals surface area contributed by atoms with E-state index >= 15 is 0 Å². The van der Waals surface area contributed by atoms with Gasteiger partial charge in [0.05, 0.1) is 16.8 Å². The SMILES string of the molecule is CN(CCCCCO)C(=O)c1ccc(-c2n[nH]cc2NC(=O)c2coc(-c3ccnc(N(CC4CC4)C(=O)OC(C)(C)C)c3)n2)cc1C(N)=O. The number of aromatic nitrogens is 4. The van der Waals surface area contributed by atoms with Gasteiger partial charge in [0.1, 0.15) is 23.4 Å². The van der Waals surface area contributed by atoms with Crippen molar-refractivity contribution < 1.29 is 33.4 Å². The van der Waals surface area contributed by atoms with Gasteiger partial charge in [-0.3, -0.25) is 24.4 Å². The number of aliphatic hydroxyl groups excluding tert-OH is 1. The van der Waals surface area contributed by atoms with Crippen molar-refractivity contribution in [3.05, 3.63) is 65.8 Å². The predicted octanol–water partition coefficient (Wildman–Crippen LogP) is 4.86. The maximum absolute atomic E-state index is 13.3. The number of nitrogens with two attached hydrogens (primary N) is 1. The first-order valence-electron chi connectivity index (χ1n) is 16.4. The zero-order valence-corrected chi connectivity index (χ0v) is 28.6. The number of benzene rings is 1. The first-order valence-corrected chi connectivity index (χ1v) is 16.4. The summed E-state index contributed by atoms with van der Waals surface area (Å²) in [6, 6.07) is 7.90. The molecule has 0 unspecified atom stereocenters. The number of nitrogens with zero attached hydrogens (tertiary/aromatic N) is 5. The molecule has 264 valence electrons. The first kappa shape index (κ1) is 35.7. The quantitative estimate of drug-likeness (QED) is 0.132. The van der Waals surface area contributed by atoms with Crippen LogP contribution in [0.2, 0.25) is 0 Å². The summed E-state index contributed by atoms with van der Waals surface area (Å²) in [5, 5.41) is 18.7. The largest absolute Gasteiger partial charge is 0.444 e. The molecule has 0 spiro atoms. The van der Waals surface area contributed by atoms with Crippen molar-refractivity contribution in [1.82, 2.24) is 25.1 Å². The predicted molar refractivity (Wildman–Crippen MR) is 184 cm³/mol. The van der Waals surface area contributed by atoms with Crippen LogP contribution in [0.1, 0.15) is 84.1 Å². The fraction of sp³-hybridized carbons (Fsp3) is 0.400. The number of aromatic amines is 1. The third-order valence-electron chi connectivity index (χ3n) is 7.93. The minimum atomic E-state index is -0.791. The highest BCUT2D eigenvalue weighted by Crippen LogP contribution is 2.33. The van der Waals surface area contributed by atoms with E-state index in [-0.39, 0.29) is 40.9 Å². The van der Waals surface area contributed by atoms with Crippen molar-refractivity contribution in [3.8, 4) is 22.7 Å². The molecule has 4 amide bonds. The van der Waals surface area contributed by atoms with Gasteiger partial charge in [0.25, 0.3) is 11.8 Å². The van der Waals surface area contributed by atoms with Crippen molar-refractivity contribution in [1.29, 1.82) is 0 Å². The number of pyridine rings is 1. The molecule has 1 aromatic carbocycles. The number of hydrogen-bond donors (Lipinski definition) is 4. The molecule has 0 aliphatic heterocycles. The molecule has 3 aromatic heterocycles. The van der Waals surface area contributed by atoms with Crippen LogP contribution in [0.3, 0.4) is 0 Å². The molecule has 3 heterocycles. The van der Waals surface area contributed by atoms with Crippen LogP contribution in [-0.4, -0.2) is 86.3 Å². The Hall–Kier alpha value is -5.57. The molecule has 4 aromatic rings. The molecular weight excluding hydrogens is 644 g/mol. The van der Waals surface area contributed by atoms with E-state index in [4.69, 9.17) is 20.0 Å². The van der Waals surface area contributed by atoms with Gasteiger partial charge in [-0.25, -0.2) is 14.8 Å². The van der Waals surface area contributed by atoms with Gasteiger partial charge in [0, 0.05) is 50.3 Å². The van der Waals surface area contributed by atoms with Crippen LogP contribution in [0, 0.1) is 5.92 Å². The normalized spacial score (nSPS) is 12.7. The fourth-order valence-corrected chi connectivity index (χ4v) is 5.17. The van der Waals surface area contributed by atoms with E-state index in [0.717, 1.165) is 19.3 Å². The van der Waals surface area contributed by atoms with Crippen LogP contribution in [0.4, 0.5) is 16.3 Å². The number of unbranched alkanes of at least 4 members (excludes halogenated alkanes) is 2. The molecular formula is C35H42N8O7. The van der Waals surface area contributed by atoms with Crippen LogP contribution in [0.15, 0.2) is 53.4 Å². The number of carbonyl (C=O) groups excluding carboxylic acids is 4. The third kappa shape index (κ3) is 8.91. The van der Waals surface area contributed by atoms with E-state index in [1.807, 2.05) is 0 Å². The summed E-state index contributed by atoms with van der Waals surface area (Å²) in [4.78, 5) is 63.6. The van der Waals surface area contributed by atoms with Crippen LogP contribution in [0.25, 0.3) is 22.7 Å². The third-order valence-corrected chi connectivity index (χ3v) is 7.93. The number of aliphatic hydroxyl groups is 1. The average Bonchev–Trinajstić information content (AvgIpc) is 3.55. The number of ether oxygens (including phenoxy) is 1. The second-order valence-corrected chi connectivity index (χ2v) is 13.2. The van der Waals surface area contributed by atoms with E-state index in [9.17, 15) is 19.2 Å². The van der Waals surface area contributed by atoms with Gasteiger partial charge in [-0.1, -0.05) is 6.07 Å². The lowest BCUT2D eigenvalue weighted by atomic mass is 10.00. The molecule has 1 fully saturated rings. The van der Waals surface area contributed by atoms with Crippen molar-refractivity contribution >= 4 is 35.3 Å². The van der Waals surface area contributed by atoms with Gasteiger partial charge in [-0.2, -0.15) is 5.10 Å². The molecule has 0 saturated heterocycles. The van der Waals surface area contributed by atoms with E-state index in [0.29, 0.717) is 54.5 Å². The highest BCUT2D eigenvalue weighted by atomic mass is 16.6. The molecule has 0 bridgehead atoms. The van der Waals surface area contributed by atoms with E-state index in [2.05, 4.69) is 25.5 Å². The van der Waals surface area contributed by atoms with Crippen LogP contribution < -0.4 is 16.0 Å². The molecule has 15 heteroatoms. The van der Waals surface area contributed by atoms with Crippen molar-refractivity contribution in [2.24, 2.45) is 11.7 Å². The molecule has 1 aliphatic rings. The maximum atomic E-state index is 13.3. The summed E-state index contributed by atoms with van der Waals surface area (Å²) >= 11 is 0. The van der Waals surface area contributed by atoms with Gasteiger partial charge < -0.3 is 30.2 Å². The maximum Gasteiger partial charge on any atom is 0.416 e. The summed E-state index contributed by atoms with van der Waals surface area (Å²) in [6.45, 7) is 6.42. The Morgan fingerprint density at radius 1 is 1.08 bits per heavy atom.